The van der Waals surface area contributed by atoms with Crippen molar-refractivity contribution in [1.82, 2.24) is 0 Å². The van der Waals surface area contributed by atoms with Crippen LogP contribution in [-0.4, -0.2) is 11.1 Å². The van der Waals surface area contributed by atoms with Gasteiger partial charge in [-0.05, 0) is 35.9 Å². The van der Waals surface area contributed by atoms with Gasteiger partial charge in [0.15, 0.2) is 11.6 Å². The van der Waals surface area contributed by atoms with Crippen molar-refractivity contribution in [2.45, 2.75) is 18.9 Å². The minimum atomic E-state index is -1.25. The molecule has 26 heavy (non-hydrogen) atoms. The molecular weight excluding hydrogens is 345 g/mol. The first-order chi connectivity index (χ1) is 12.5. The number of rotatable bonds is 2. The molecule has 1 atom stereocenters. The van der Waals surface area contributed by atoms with Crippen LogP contribution in [0, 0.1) is 17.5 Å². The molecule has 0 amide bonds. The van der Waals surface area contributed by atoms with E-state index in [1.165, 1.54) is 0 Å². The van der Waals surface area contributed by atoms with Crippen molar-refractivity contribution in [1.29, 1.82) is 0 Å². The maximum Gasteiger partial charge on any atom is 0.336 e. The third kappa shape index (κ3) is 2.58. The molecule has 132 valence electrons. The number of carboxylic acids is 1. The van der Waals surface area contributed by atoms with Crippen molar-refractivity contribution in [2.75, 3.05) is 0 Å². The highest BCUT2D eigenvalue weighted by molar-refractivity contribution is 6.06. The Bertz CT molecular complexity index is 1050. The van der Waals surface area contributed by atoms with Gasteiger partial charge in [-0.1, -0.05) is 24.3 Å². The molecule has 0 saturated carbocycles. The average molecular weight is 358 g/mol. The molecule has 1 unspecified atom stereocenters. The Hall–Kier alpha value is -3.02. The summed E-state index contributed by atoms with van der Waals surface area (Å²) in [5, 5.41) is 10.5. The summed E-state index contributed by atoms with van der Waals surface area (Å²) in [6, 6.07) is 9.74. The molecule has 0 aliphatic carbocycles. The molecule has 0 aromatic heterocycles. The highest BCUT2D eigenvalue weighted by atomic mass is 19.2. The SMILES string of the molecule is O=C(O)c1cc2c(c3ccccc13)OC(c1cc(F)c(F)cc1F)CC2. The van der Waals surface area contributed by atoms with E-state index in [2.05, 4.69) is 0 Å². The molecule has 0 fully saturated rings. The molecule has 1 aliphatic rings. The number of fused-ring (bicyclic) bond motifs is 3. The first kappa shape index (κ1) is 16.4. The molecular formula is C20H13F3O3. The minimum absolute atomic E-state index is 0.0547. The lowest BCUT2D eigenvalue weighted by Gasteiger charge is -2.28. The van der Waals surface area contributed by atoms with Gasteiger partial charge in [0, 0.05) is 17.0 Å². The van der Waals surface area contributed by atoms with Gasteiger partial charge in [0.1, 0.15) is 17.7 Å². The quantitative estimate of drug-likeness (QED) is 0.654. The van der Waals surface area contributed by atoms with Gasteiger partial charge < -0.3 is 9.84 Å². The smallest absolute Gasteiger partial charge is 0.336 e. The van der Waals surface area contributed by atoms with Crippen molar-refractivity contribution in [3.63, 3.8) is 0 Å². The summed E-state index contributed by atoms with van der Waals surface area (Å²) >= 11 is 0. The Labute approximate surface area is 146 Å². The Morgan fingerprint density at radius 3 is 2.42 bits per heavy atom. The predicted octanol–water partition coefficient (Wildman–Crippen LogP) is 5.02. The van der Waals surface area contributed by atoms with Crippen LogP contribution in [0.25, 0.3) is 10.8 Å². The molecule has 3 nitrogen and oxygen atoms in total. The number of carboxylic acid groups (broad SMARTS) is 1. The Morgan fingerprint density at radius 2 is 1.69 bits per heavy atom. The van der Waals surface area contributed by atoms with Crippen molar-refractivity contribution in [3.05, 3.63) is 76.6 Å². The summed E-state index contributed by atoms with van der Waals surface area (Å²) in [6.07, 6.45) is -0.0210. The zero-order chi connectivity index (χ0) is 18.4. The summed E-state index contributed by atoms with van der Waals surface area (Å²) in [5.74, 6) is -3.85. The van der Waals surface area contributed by atoms with E-state index in [9.17, 15) is 23.1 Å². The first-order valence-electron chi connectivity index (χ1n) is 8.04. The van der Waals surface area contributed by atoms with Crippen LogP contribution >= 0.6 is 0 Å². The lowest BCUT2D eigenvalue weighted by molar-refractivity contribution is 0.0698. The van der Waals surface area contributed by atoms with E-state index < -0.39 is 29.5 Å². The summed E-state index contributed by atoms with van der Waals surface area (Å²) in [6.45, 7) is 0. The number of carbonyl (C=O) groups is 1. The molecule has 1 N–H and O–H groups in total. The van der Waals surface area contributed by atoms with Gasteiger partial charge in [-0.2, -0.15) is 0 Å². The van der Waals surface area contributed by atoms with E-state index >= 15 is 0 Å². The number of aryl methyl sites for hydroxylation is 1. The van der Waals surface area contributed by atoms with E-state index in [1.54, 1.807) is 30.3 Å². The maximum atomic E-state index is 14.1. The van der Waals surface area contributed by atoms with Gasteiger partial charge in [0.05, 0.1) is 5.56 Å². The third-order valence-electron chi connectivity index (χ3n) is 4.62. The normalized spacial score (nSPS) is 16.2. The van der Waals surface area contributed by atoms with Crippen LogP contribution < -0.4 is 4.74 Å². The molecule has 1 heterocycles. The zero-order valence-corrected chi connectivity index (χ0v) is 13.4. The molecule has 3 aromatic carbocycles. The molecule has 4 rings (SSSR count). The monoisotopic (exact) mass is 358 g/mol. The van der Waals surface area contributed by atoms with E-state index in [0.29, 0.717) is 41.0 Å². The molecule has 1 aliphatic heterocycles. The lowest BCUT2D eigenvalue weighted by Crippen LogP contribution is -2.18. The van der Waals surface area contributed by atoms with Crippen molar-refractivity contribution < 1.29 is 27.8 Å². The van der Waals surface area contributed by atoms with Crippen LogP contribution in [0.5, 0.6) is 5.75 Å². The second-order valence-electron chi connectivity index (χ2n) is 6.20. The van der Waals surface area contributed by atoms with Crippen LogP contribution in [-0.2, 0) is 6.42 Å². The topological polar surface area (TPSA) is 46.5 Å². The van der Waals surface area contributed by atoms with Gasteiger partial charge in [0.25, 0.3) is 0 Å². The van der Waals surface area contributed by atoms with Crippen LogP contribution in [0.1, 0.15) is 34.0 Å². The second kappa shape index (κ2) is 6.05. The molecule has 6 heteroatoms. The maximum absolute atomic E-state index is 14.1. The number of hydrogen-bond donors (Lipinski definition) is 1. The fraction of sp³-hybridized carbons (Fsp3) is 0.150. The van der Waals surface area contributed by atoms with E-state index in [4.69, 9.17) is 4.74 Å². The fourth-order valence-corrected chi connectivity index (χ4v) is 3.40. The molecule has 0 bridgehead atoms. The Morgan fingerprint density at radius 1 is 1.00 bits per heavy atom. The molecule has 0 saturated heterocycles. The Kier molecular flexibility index (Phi) is 3.83. The number of aromatic carboxylic acids is 1. The van der Waals surface area contributed by atoms with E-state index in [1.807, 2.05) is 0 Å². The second-order valence-corrected chi connectivity index (χ2v) is 6.20. The van der Waals surface area contributed by atoms with Gasteiger partial charge in [0.2, 0.25) is 0 Å². The van der Waals surface area contributed by atoms with Gasteiger partial charge in [-0.15, -0.1) is 0 Å². The van der Waals surface area contributed by atoms with Crippen LogP contribution in [0.4, 0.5) is 13.2 Å². The van der Waals surface area contributed by atoms with Crippen molar-refractivity contribution in [2.24, 2.45) is 0 Å². The van der Waals surface area contributed by atoms with Crippen molar-refractivity contribution in [3.8, 4) is 5.75 Å². The number of halogens is 3. The van der Waals surface area contributed by atoms with Crippen molar-refractivity contribution >= 4 is 16.7 Å². The molecule has 0 radical (unpaired) electrons. The minimum Gasteiger partial charge on any atom is -0.485 e. The standard InChI is InChI=1S/C20H13F3O3/c21-15-9-17(23)16(22)8-14(15)18-6-5-10-7-13(20(24)25)11-3-1-2-4-12(11)19(10)26-18/h1-4,7-9,18H,5-6H2,(H,24,25). The average Bonchev–Trinajstić information content (AvgIpc) is 2.63. The number of ether oxygens (including phenoxy) is 1. The van der Waals surface area contributed by atoms with Crippen LogP contribution in [0.3, 0.4) is 0 Å². The van der Waals surface area contributed by atoms with E-state index in [0.717, 1.165) is 6.07 Å². The highest BCUT2D eigenvalue weighted by Crippen LogP contribution is 2.42. The highest BCUT2D eigenvalue weighted by Gasteiger charge is 2.28. The number of hydrogen-bond acceptors (Lipinski definition) is 2. The predicted molar refractivity (Wildman–Crippen MR) is 88.9 cm³/mol. The summed E-state index contributed by atoms with van der Waals surface area (Å²) in [7, 11) is 0. The fourth-order valence-electron chi connectivity index (χ4n) is 3.40. The van der Waals surface area contributed by atoms with Gasteiger partial charge in [-0.25, -0.2) is 18.0 Å². The Balaban J connectivity index is 1.84. The third-order valence-corrected chi connectivity index (χ3v) is 4.62. The number of benzene rings is 3. The first-order valence-corrected chi connectivity index (χ1v) is 8.04. The van der Waals surface area contributed by atoms with Crippen LogP contribution in [0.2, 0.25) is 0 Å². The largest absolute Gasteiger partial charge is 0.485 e. The van der Waals surface area contributed by atoms with Gasteiger partial charge in [-0.3, -0.25) is 0 Å². The lowest BCUT2D eigenvalue weighted by atomic mass is 9.92. The summed E-state index contributed by atoms with van der Waals surface area (Å²) in [4.78, 5) is 11.5. The molecule has 3 aromatic rings. The molecule has 0 spiro atoms. The summed E-state index contributed by atoms with van der Waals surface area (Å²) in [5.41, 5.74) is 0.807. The van der Waals surface area contributed by atoms with Crippen LogP contribution in [0.15, 0.2) is 42.5 Å². The summed E-state index contributed by atoms with van der Waals surface area (Å²) < 4.78 is 46.8. The zero-order valence-electron chi connectivity index (χ0n) is 13.4. The van der Waals surface area contributed by atoms with Gasteiger partial charge >= 0.3 is 5.97 Å². The van der Waals surface area contributed by atoms with E-state index in [-0.39, 0.29) is 11.1 Å².